The van der Waals surface area contributed by atoms with Crippen molar-refractivity contribution < 1.29 is 9.38 Å². The fourth-order valence-corrected chi connectivity index (χ4v) is 6.07. The molecule has 27 heavy (non-hydrogen) atoms. The molecule has 0 aliphatic rings. The number of aryl methyl sites for hydroxylation is 2. The van der Waals surface area contributed by atoms with Gasteiger partial charge in [-0.1, -0.05) is 0 Å². The van der Waals surface area contributed by atoms with Crippen molar-refractivity contribution in [2.24, 2.45) is 0 Å². The quantitative estimate of drug-likeness (QED) is 0.315. The van der Waals surface area contributed by atoms with Crippen molar-refractivity contribution in [3.8, 4) is 11.5 Å². The molecule has 0 spiro atoms. The molecule has 130 valence electrons. The van der Waals surface area contributed by atoms with E-state index in [2.05, 4.69) is 22.1 Å². The summed E-state index contributed by atoms with van der Waals surface area (Å²) in [6.07, 6.45) is 0. The van der Waals surface area contributed by atoms with E-state index in [0.717, 1.165) is 44.7 Å². The van der Waals surface area contributed by atoms with Crippen LogP contribution >= 0.6 is 0 Å². The number of pyridine rings is 2. The van der Waals surface area contributed by atoms with Gasteiger partial charge in [0, 0.05) is 0 Å². The summed E-state index contributed by atoms with van der Waals surface area (Å²) < 4.78 is 17.7. The van der Waals surface area contributed by atoms with Crippen molar-refractivity contribution in [2.75, 3.05) is 0 Å². The van der Waals surface area contributed by atoms with E-state index in [9.17, 15) is 0 Å². The van der Waals surface area contributed by atoms with E-state index in [4.69, 9.17) is 9.38 Å². The summed E-state index contributed by atoms with van der Waals surface area (Å²) in [6, 6.07) is 20.0. The fourth-order valence-electron chi connectivity index (χ4n) is 2.81. The van der Waals surface area contributed by atoms with Gasteiger partial charge in [-0.2, -0.15) is 0 Å². The first-order valence-corrected chi connectivity index (χ1v) is 12.5. The molecule has 0 amide bonds. The van der Waals surface area contributed by atoms with Gasteiger partial charge in [-0.15, -0.1) is 0 Å². The Kier molecular flexibility index (Phi) is 5.75. The number of hydrogen-bond acceptors (Lipinski definition) is 5. The van der Waals surface area contributed by atoms with Crippen molar-refractivity contribution in [2.45, 2.75) is 13.8 Å². The van der Waals surface area contributed by atoms with Crippen LogP contribution in [0.2, 0.25) is 0 Å². The average Bonchev–Trinajstić information content (AvgIpc) is 2.68. The third kappa shape index (κ3) is 4.33. The Hall–Kier alpha value is -1.91. The molecular weight excluding hydrogens is 456 g/mol. The van der Waals surface area contributed by atoms with Crippen LogP contribution in [0.25, 0.3) is 21.8 Å². The summed E-state index contributed by atoms with van der Waals surface area (Å²) in [5, 5.41) is 2.14. The maximum absolute atomic E-state index is 5.93. The van der Waals surface area contributed by atoms with Crippen LogP contribution in [0.5, 0.6) is 11.5 Å². The maximum atomic E-state index is 5.93. The summed E-state index contributed by atoms with van der Waals surface area (Å²) in [6.45, 7) is 3.96. The van der Waals surface area contributed by atoms with Crippen LogP contribution in [0.4, 0.5) is 0 Å². The molecule has 5 nitrogen and oxygen atoms in total. The second-order valence-corrected chi connectivity index (χ2v) is 11.5. The number of benzene rings is 2. The Morgan fingerprint density at radius 1 is 0.630 bits per heavy atom. The van der Waals surface area contributed by atoms with Crippen LogP contribution in [-0.2, 0) is 2.32 Å². The number of rotatable bonds is 6. The summed E-state index contributed by atoms with van der Waals surface area (Å²) in [5.74, 6) is 1.58. The molecule has 0 unspecified atom stereocenters. The molecule has 2 heterocycles. The van der Waals surface area contributed by atoms with Crippen LogP contribution in [0.1, 0.15) is 11.4 Å². The molecule has 0 aliphatic heterocycles. The Bertz CT molecular complexity index is 1020. The zero-order valence-electron chi connectivity index (χ0n) is 15.0. The third-order valence-electron chi connectivity index (χ3n) is 4.11. The molecule has 0 N–H and O–H groups in total. The topological polar surface area (TPSA) is 53.5 Å². The molecule has 7 heteroatoms. The number of aromatic nitrogens is 2. The molecule has 4 rings (SSSR count). The van der Waals surface area contributed by atoms with E-state index in [0.29, 0.717) is 0 Å². The van der Waals surface area contributed by atoms with Crippen LogP contribution in [-0.4, -0.2) is 46.2 Å². The van der Waals surface area contributed by atoms with Gasteiger partial charge in [0.05, 0.1) is 0 Å². The molecule has 0 saturated carbocycles. The number of nitrogens with zero attached hydrogens (tertiary/aromatic N) is 2. The first kappa shape index (κ1) is 18.5. The van der Waals surface area contributed by atoms with Crippen molar-refractivity contribution in [3.05, 3.63) is 72.1 Å². The first-order chi connectivity index (χ1) is 13.2. The van der Waals surface area contributed by atoms with Crippen molar-refractivity contribution in [3.63, 3.8) is 0 Å². The molecule has 0 bridgehead atoms. The second kappa shape index (κ2) is 8.41. The predicted octanol–water partition coefficient (Wildman–Crippen LogP) is 3.94. The summed E-state index contributed by atoms with van der Waals surface area (Å²) >= 11 is -2.69. The minimum absolute atomic E-state index is 0.788. The zero-order chi connectivity index (χ0) is 18.6. The van der Waals surface area contributed by atoms with E-state index in [-0.39, 0.29) is 0 Å². The van der Waals surface area contributed by atoms with E-state index < -0.39 is 36.3 Å². The predicted molar refractivity (Wildman–Crippen MR) is 107 cm³/mol. The number of fused-ring (bicyclic) bond motifs is 2. The zero-order valence-corrected chi connectivity index (χ0v) is 19.9. The Morgan fingerprint density at radius 2 is 1.11 bits per heavy atom. The van der Waals surface area contributed by atoms with Gasteiger partial charge in [0.15, 0.2) is 0 Å². The van der Waals surface area contributed by atoms with Gasteiger partial charge in [-0.05, 0) is 0 Å². The number of para-hydroxylation sites is 2. The fraction of sp³-hybridized carbons (Fsp3) is 0.100. The SMILES string of the molecule is Cc1ccc2cccc([O][Ga][O][Ga][O]c3cccc4ccc(C)nc34)c2n1. The Morgan fingerprint density at radius 3 is 1.59 bits per heavy atom. The summed E-state index contributed by atoms with van der Waals surface area (Å²) in [7, 11) is 0. The van der Waals surface area contributed by atoms with Crippen LogP contribution in [0, 0.1) is 13.8 Å². The average molecular weight is 472 g/mol. The van der Waals surface area contributed by atoms with E-state index >= 15 is 0 Å². The molecule has 4 aromatic rings. The second-order valence-electron chi connectivity index (χ2n) is 6.13. The third-order valence-corrected chi connectivity index (χ3v) is 8.46. The molecule has 0 saturated heterocycles. The minimum atomic E-state index is -1.34. The molecule has 0 fully saturated rings. The van der Waals surface area contributed by atoms with Gasteiger partial charge in [-0.3, -0.25) is 0 Å². The van der Waals surface area contributed by atoms with Crippen molar-refractivity contribution >= 4 is 58.1 Å². The number of hydrogen-bond donors (Lipinski definition) is 0. The van der Waals surface area contributed by atoms with Gasteiger partial charge in [0.2, 0.25) is 0 Å². The molecule has 0 aliphatic carbocycles. The summed E-state index contributed by atoms with van der Waals surface area (Å²) in [5.41, 5.74) is 3.72. The monoisotopic (exact) mass is 470 g/mol. The van der Waals surface area contributed by atoms with Crippen LogP contribution in [0.3, 0.4) is 0 Å². The van der Waals surface area contributed by atoms with Gasteiger partial charge >= 0.3 is 175 Å². The van der Waals surface area contributed by atoms with E-state index in [1.807, 2.05) is 62.4 Å². The molecule has 2 aromatic heterocycles. The van der Waals surface area contributed by atoms with Crippen LogP contribution in [0.15, 0.2) is 60.7 Å². The van der Waals surface area contributed by atoms with Crippen molar-refractivity contribution in [1.82, 2.24) is 9.97 Å². The molecule has 0 atom stereocenters. The van der Waals surface area contributed by atoms with Gasteiger partial charge in [0.25, 0.3) is 0 Å². The van der Waals surface area contributed by atoms with E-state index in [1.54, 1.807) is 0 Å². The standard InChI is InChI=1S/2C10H9NO.2Ga.O/c2*1-7-5-6-8-3-2-4-9(12)10(8)11-7;;;/h2*2-6,12H,1H3;;;/q;;2*+1;/p-2. The normalized spacial score (nSPS) is 10.7. The Balaban J connectivity index is 1.38. The molecule has 2 radical (unpaired) electrons. The van der Waals surface area contributed by atoms with E-state index in [1.165, 1.54) is 0 Å². The summed E-state index contributed by atoms with van der Waals surface area (Å²) in [4.78, 5) is 9.16. The van der Waals surface area contributed by atoms with Crippen LogP contribution < -0.4 is 7.06 Å². The molecule has 2 aromatic carbocycles. The van der Waals surface area contributed by atoms with Gasteiger partial charge in [0.1, 0.15) is 0 Å². The molecular formula is C20H16Ga2N2O3. The van der Waals surface area contributed by atoms with Gasteiger partial charge in [-0.25, -0.2) is 0 Å². The van der Waals surface area contributed by atoms with Gasteiger partial charge < -0.3 is 0 Å². The Labute approximate surface area is 174 Å². The first-order valence-electron chi connectivity index (χ1n) is 8.55. The van der Waals surface area contributed by atoms with Crippen molar-refractivity contribution in [1.29, 1.82) is 0 Å².